The maximum absolute atomic E-state index is 12.2. The zero-order chi connectivity index (χ0) is 15.6. The number of nitrogens with zero attached hydrogens (tertiary/aromatic N) is 1. The zero-order valence-electron chi connectivity index (χ0n) is 12.2. The molecule has 0 saturated carbocycles. The van der Waals surface area contributed by atoms with Crippen LogP contribution in [0.3, 0.4) is 0 Å². The van der Waals surface area contributed by atoms with Gasteiger partial charge in [0.15, 0.2) is 0 Å². The minimum absolute atomic E-state index is 0.131. The van der Waals surface area contributed by atoms with Crippen LogP contribution in [0.15, 0.2) is 71.7 Å². The van der Waals surface area contributed by atoms with Crippen molar-refractivity contribution in [1.29, 1.82) is 0 Å². The van der Waals surface area contributed by atoms with Crippen LogP contribution in [0.25, 0.3) is 21.8 Å². The van der Waals surface area contributed by atoms with E-state index in [1.165, 1.54) is 0 Å². The molecule has 0 atom stereocenters. The van der Waals surface area contributed by atoms with E-state index in [9.17, 15) is 4.79 Å². The lowest BCUT2D eigenvalue weighted by Crippen LogP contribution is -2.07. The third-order valence-corrected chi connectivity index (χ3v) is 3.74. The van der Waals surface area contributed by atoms with E-state index in [0.29, 0.717) is 11.0 Å². The number of aromatic nitrogens is 2. The third kappa shape index (κ3) is 2.37. The molecule has 0 unspecified atom stereocenters. The normalized spacial score (nSPS) is 10.4. The lowest BCUT2D eigenvalue weighted by atomic mass is 10.0. The molecule has 0 amide bonds. The smallest absolute Gasteiger partial charge is 0.257 e. The molecule has 23 heavy (non-hydrogen) atoms. The lowest BCUT2D eigenvalue weighted by Gasteiger charge is -2.04. The summed E-state index contributed by atoms with van der Waals surface area (Å²) in [5.74, 6) is 6.37. The molecular formula is C20H12N2O. The van der Waals surface area contributed by atoms with E-state index < -0.39 is 0 Å². The van der Waals surface area contributed by atoms with Crippen LogP contribution >= 0.6 is 0 Å². The summed E-state index contributed by atoms with van der Waals surface area (Å²) in [6, 6.07) is 19.2. The number of nitrogens with one attached hydrogen (secondary N) is 1. The van der Waals surface area contributed by atoms with Gasteiger partial charge in [-0.3, -0.25) is 4.79 Å². The van der Waals surface area contributed by atoms with E-state index in [1.807, 2.05) is 60.7 Å². The van der Waals surface area contributed by atoms with Crippen molar-refractivity contribution >= 4 is 21.8 Å². The summed E-state index contributed by atoms with van der Waals surface area (Å²) in [6.45, 7) is 0. The Kier molecular flexibility index (Phi) is 3.14. The predicted octanol–water partition coefficient (Wildman–Crippen LogP) is 3.48. The molecule has 4 rings (SSSR count). The van der Waals surface area contributed by atoms with E-state index in [2.05, 4.69) is 21.8 Å². The van der Waals surface area contributed by atoms with Gasteiger partial charge in [0.05, 0.1) is 0 Å². The molecule has 3 nitrogen and oxygen atoms in total. The summed E-state index contributed by atoms with van der Waals surface area (Å²) in [4.78, 5) is 19.3. The van der Waals surface area contributed by atoms with Crippen molar-refractivity contribution in [1.82, 2.24) is 9.97 Å². The van der Waals surface area contributed by atoms with Gasteiger partial charge in [0.1, 0.15) is 5.65 Å². The van der Waals surface area contributed by atoms with Gasteiger partial charge in [0.2, 0.25) is 0 Å². The summed E-state index contributed by atoms with van der Waals surface area (Å²) in [7, 11) is 0. The Labute approximate surface area is 132 Å². The van der Waals surface area contributed by atoms with Gasteiger partial charge < -0.3 is 4.98 Å². The Morgan fingerprint density at radius 1 is 0.826 bits per heavy atom. The largest absolute Gasteiger partial charge is 0.306 e. The van der Waals surface area contributed by atoms with Gasteiger partial charge in [-0.1, -0.05) is 48.2 Å². The fourth-order valence-electron chi connectivity index (χ4n) is 2.67. The first-order valence-electron chi connectivity index (χ1n) is 7.30. The molecule has 2 aromatic carbocycles. The maximum atomic E-state index is 12.2. The van der Waals surface area contributed by atoms with Gasteiger partial charge >= 0.3 is 0 Å². The SMILES string of the molecule is O=c1[nH]c2nccc(C#Cc3ccccc3)c2c2ccccc12. The first-order chi connectivity index (χ1) is 11.3. The highest BCUT2D eigenvalue weighted by atomic mass is 16.1. The Morgan fingerprint density at radius 3 is 2.39 bits per heavy atom. The summed E-state index contributed by atoms with van der Waals surface area (Å²) < 4.78 is 0. The van der Waals surface area contributed by atoms with Crippen LogP contribution in [-0.2, 0) is 0 Å². The molecule has 2 heterocycles. The quantitative estimate of drug-likeness (QED) is 0.399. The number of hydrogen-bond donors (Lipinski definition) is 1. The Bertz CT molecular complexity index is 1130. The highest BCUT2D eigenvalue weighted by molar-refractivity contribution is 6.06. The van der Waals surface area contributed by atoms with Crippen LogP contribution in [0.1, 0.15) is 11.1 Å². The summed E-state index contributed by atoms with van der Waals surface area (Å²) >= 11 is 0. The van der Waals surface area contributed by atoms with Crippen molar-refractivity contribution in [3.63, 3.8) is 0 Å². The average molecular weight is 296 g/mol. The molecule has 0 aliphatic heterocycles. The summed E-state index contributed by atoms with van der Waals surface area (Å²) in [6.07, 6.45) is 1.67. The van der Waals surface area contributed by atoms with E-state index in [4.69, 9.17) is 0 Å². The van der Waals surface area contributed by atoms with Crippen LogP contribution in [0.2, 0.25) is 0 Å². The van der Waals surface area contributed by atoms with E-state index >= 15 is 0 Å². The zero-order valence-corrected chi connectivity index (χ0v) is 12.2. The van der Waals surface area contributed by atoms with E-state index in [1.54, 1.807) is 6.20 Å². The van der Waals surface area contributed by atoms with Gasteiger partial charge in [0, 0.05) is 28.1 Å². The van der Waals surface area contributed by atoms with Gasteiger partial charge in [-0.15, -0.1) is 0 Å². The van der Waals surface area contributed by atoms with Crippen molar-refractivity contribution in [3.05, 3.63) is 88.3 Å². The molecule has 108 valence electrons. The monoisotopic (exact) mass is 296 g/mol. The second-order valence-corrected chi connectivity index (χ2v) is 5.20. The molecule has 1 N–H and O–H groups in total. The number of hydrogen-bond acceptors (Lipinski definition) is 2. The highest BCUT2D eigenvalue weighted by Crippen LogP contribution is 2.22. The first kappa shape index (κ1) is 13.3. The highest BCUT2D eigenvalue weighted by Gasteiger charge is 2.08. The Morgan fingerprint density at radius 2 is 1.57 bits per heavy atom. The topological polar surface area (TPSA) is 45.8 Å². The van der Waals surface area contributed by atoms with Crippen LogP contribution in [0, 0.1) is 11.8 Å². The molecule has 0 aliphatic carbocycles. The Balaban J connectivity index is 2.03. The molecule has 4 aromatic rings. The van der Waals surface area contributed by atoms with Crippen LogP contribution in [-0.4, -0.2) is 9.97 Å². The van der Waals surface area contributed by atoms with Gasteiger partial charge in [-0.05, 0) is 29.7 Å². The standard InChI is InChI=1S/C20H12N2O/c23-20-17-9-5-4-8-16(17)18-15(12-13-21-19(18)22-20)11-10-14-6-2-1-3-7-14/h1-9,12-13H,(H,21,22,23). The van der Waals surface area contributed by atoms with E-state index in [-0.39, 0.29) is 5.56 Å². The summed E-state index contributed by atoms with van der Waals surface area (Å²) in [5.41, 5.74) is 2.24. The molecule has 0 bridgehead atoms. The van der Waals surface area contributed by atoms with Crippen LogP contribution in [0.4, 0.5) is 0 Å². The van der Waals surface area contributed by atoms with Crippen molar-refractivity contribution in [2.24, 2.45) is 0 Å². The van der Waals surface area contributed by atoms with Crippen molar-refractivity contribution < 1.29 is 0 Å². The first-order valence-corrected chi connectivity index (χ1v) is 7.30. The fraction of sp³-hybridized carbons (Fsp3) is 0. The third-order valence-electron chi connectivity index (χ3n) is 3.74. The van der Waals surface area contributed by atoms with Crippen molar-refractivity contribution in [2.45, 2.75) is 0 Å². The van der Waals surface area contributed by atoms with Crippen LogP contribution in [0.5, 0.6) is 0 Å². The molecule has 0 fully saturated rings. The molecular weight excluding hydrogens is 284 g/mol. The second kappa shape index (κ2) is 5.43. The number of aromatic amines is 1. The molecule has 0 radical (unpaired) electrons. The van der Waals surface area contributed by atoms with Crippen LogP contribution < -0.4 is 5.56 Å². The number of fused-ring (bicyclic) bond motifs is 3. The minimum Gasteiger partial charge on any atom is -0.306 e. The molecule has 3 heteroatoms. The Hall–Kier alpha value is -3.38. The minimum atomic E-state index is -0.131. The van der Waals surface area contributed by atoms with E-state index in [0.717, 1.165) is 21.9 Å². The van der Waals surface area contributed by atoms with Gasteiger partial charge in [0.25, 0.3) is 5.56 Å². The maximum Gasteiger partial charge on any atom is 0.257 e. The van der Waals surface area contributed by atoms with Crippen molar-refractivity contribution in [3.8, 4) is 11.8 Å². The predicted molar refractivity (Wildman–Crippen MR) is 92.3 cm³/mol. The molecule has 0 aliphatic rings. The molecule has 0 spiro atoms. The number of pyridine rings is 2. The summed E-state index contributed by atoms with van der Waals surface area (Å²) in [5, 5.41) is 2.40. The van der Waals surface area contributed by atoms with Gasteiger partial charge in [-0.2, -0.15) is 0 Å². The number of H-pyrrole nitrogens is 1. The number of benzene rings is 2. The lowest BCUT2D eigenvalue weighted by molar-refractivity contribution is 1.25. The van der Waals surface area contributed by atoms with Gasteiger partial charge in [-0.25, -0.2) is 4.98 Å². The molecule has 0 saturated heterocycles. The number of rotatable bonds is 0. The second-order valence-electron chi connectivity index (χ2n) is 5.20. The fourth-order valence-corrected chi connectivity index (χ4v) is 2.67. The average Bonchev–Trinajstić information content (AvgIpc) is 2.61. The molecule has 2 aromatic heterocycles. The van der Waals surface area contributed by atoms with Crippen molar-refractivity contribution in [2.75, 3.05) is 0 Å².